The van der Waals surface area contributed by atoms with Crippen LogP contribution in [0.1, 0.15) is 20.8 Å². The van der Waals surface area contributed by atoms with E-state index in [0.717, 1.165) is 5.75 Å². The molecule has 0 saturated carbocycles. The Hall–Kier alpha value is -2.24. The number of hydrogen-bond donors (Lipinski definition) is 3. The fourth-order valence-corrected chi connectivity index (χ4v) is 1.36. The molecule has 1 aromatic rings. The molecule has 0 radical (unpaired) electrons. The van der Waals surface area contributed by atoms with E-state index in [2.05, 4.69) is 10.5 Å². The maximum atomic E-state index is 11.8. The van der Waals surface area contributed by atoms with Gasteiger partial charge in [-0.25, -0.2) is 0 Å². The Morgan fingerprint density at radius 2 is 1.89 bits per heavy atom. The van der Waals surface area contributed by atoms with Crippen LogP contribution in [-0.2, 0) is 4.79 Å². The molecule has 0 heterocycles. The molecule has 0 aliphatic rings. The summed E-state index contributed by atoms with van der Waals surface area (Å²) >= 11 is 0. The third kappa shape index (κ3) is 4.50. The summed E-state index contributed by atoms with van der Waals surface area (Å²) in [5.41, 5.74) is 5.99. The van der Waals surface area contributed by atoms with Gasteiger partial charge in [0, 0.05) is 5.69 Å². The molecule has 0 spiro atoms. The molecule has 0 aliphatic heterocycles. The zero-order chi connectivity index (χ0) is 14.4. The predicted molar refractivity (Wildman–Crippen MR) is 73.4 cm³/mol. The SMILES string of the molecule is CC(C)Oc1ccc(NC(=O)C(C)C(N)=NO)cc1. The van der Waals surface area contributed by atoms with Crippen LogP contribution in [0.15, 0.2) is 29.4 Å². The highest BCUT2D eigenvalue weighted by atomic mass is 16.5. The van der Waals surface area contributed by atoms with Crippen molar-refractivity contribution in [2.45, 2.75) is 26.9 Å². The summed E-state index contributed by atoms with van der Waals surface area (Å²) in [6, 6.07) is 7.00. The molecular formula is C13H19N3O3. The predicted octanol–water partition coefficient (Wildman–Crippen LogP) is 1.79. The van der Waals surface area contributed by atoms with E-state index in [9.17, 15) is 4.79 Å². The van der Waals surface area contributed by atoms with E-state index in [1.165, 1.54) is 0 Å². The molecule has 0 fully saturated rings. The van der Waals surface area contributed by atoms with Crippen LogP contribution in [-0.4, -0.2) is 23.1 Å². The molecule has 104 valence electrons. The number of carbonyl (C=O) groups is 1. The summed E-state index contributed by atoms with van der Waals surface area (Å²) in [4.78, 5) is 11.8. The van der Waals surface area contributed by atoms with Crippen LogP contribution < -0.4 is 15.8 Å². The molecule has 0 aromatic heterocycles. The first-order valence-corrected chi connectivity index (χ1v) is 5.99. The van der Waals surface area contributed by atoms with E-state index in [1.54, 1.807) is 31.2 Å². The second-order valence-corrected chi connectivity index (χ2v) is 4.43. The second kappa shape index (κ2) is 6.63. The van der Waals surface area contributed by atoms with Crippen molar-refractivity contribution in [1.82, 2.24) is 0 Å². The van der Waals surface area contributed by atoms with Crippen molar-refractivity contribution in [3.05, 3.63) is 24.3 Å². The third-order valence-electron chi connectivity index (χ3n) is 2.45. The highest BCUT2D eigenvalue weighted by Crippen LogP contribution is 2.17. The molecule has 4 N–H and O–H groups in total. The van der Waals surface area contributed by atoms with E-state index in [-0.39, 0.29) is 17.8 Å². The van der Waals surface area contributed by atoms with Gasteiger partial charge in [0.05, 0.1) is 12.0 Å². The minimum Gasteiger partial charge on any atom is -0.491 e. The van der Waals surface area contributed by atoms with Crippen molar-refractivity contribution in [3.63, 3.8) is 0 Å². The van der Waals surface area contributed by atoms with Crippen LogP contribution in [0.25, 0.3) is 0 Å². The minimum absolute atomic E-state index is 0.0982. The lowest BCUT2D eigenvalue weighted by Crippen LogP contribution is -2.32. The maximum Gasteiger partial charge on any atom is 0.234 e. The molecule has 19 heavy (non-hydrogen) atoms. The number of nitrogens with zero attached hydrogens (tertiary/aromatic N) is 1. The summed E-state index contributed by atoms with van der Waals surface area (Å²) in [6.45, 7) is 5.43. The Kier molecular flexibility index (Phi) is 5.17. The first-order valence-electron chi connectivity index (χ1n) is 5.99. The zero-order valence-corrected chi connectivity index (χ0v) is 11.3. The Labute approximate surface area is 112 Å². The molecule has 1 rings (SSSR count). The Morgan fingerprint density at radius 3 is 2.37 bits per heavy atom. The van der Waals surface area contributed by atoms with Gasteiger partial charge < -0.3 is 21.0 Å². The van der Waals surface area contributed by atoms with Gasteiger partial charge in [-0.2, -0.15) is 0 Å². The lowest BCUT2D eigenvalue weighted by molar-refractivity contribution is -0.117. The van der Waals surface area contributed by atoms with Gasteiger partial charge in [0.15, 0.2) is 5.84 Å². The van der Waals surface area contributed by atoms with Crippen molar-refractivity contribution in [2.24, 2.45) is 16.8 Å². The third-order valence-corrected chi connectivity index (χ3v) is 2.45. The Bertz CT molecular complexity index is 455. The van der Waals surface area contributed by atoms with Crippen LogP contribution in [0.2, 0.25) is 0 Å². The fraction of sp³-hybridized carbons (Fsp3) is 0.385. The number of nitrogens with one attached hydrogen (secondary N) is 1. The normalized spacial score (nSPS) is 13.2. The van der Waals surface area contributed by atoms with Crippen molar-refractivity contribution < 1.29 is 14.7 Å². The fourth-order valence-electron chi connectivity index (χ4n) is 1.36. The van der Waals surface area contributed by atoms with Crippen LogP contribution >= 0.6 is 0 Å². The summed E-state index contributed by atoms with van der Waals surface area (Å²) < 4.78 is 5.49. The van der Waals surface area contributed by atoms with Crippen molar-refractivity contribution in [1.29, 1.82) is 0 Å². The van der Waals surface area contributed by atoms with E-state index in [0.29, 0.717) is 5.69 Å². The van der Waals surface area contributed by atoms with Gasteiger partial charge in [0.25, 0.3) is 0 Å². The molecule has 1 amide bonds. The molecule has 1 atom stereocenters. The first kappa shape index (κ1) is 14.8. The standard InChI is InChI=1S/C13H19N3O3/c1-8(2)19-11-6-4-10(5-7-11)15-13(17)9(3)12(14)16-18/h4-9,18H,1-3H3,(H2,14,16)(H,15,17). The lowest BCUT2D eigenvalue weighted by atomic mass is 10.1. The van der Waals surface area contributed by atoms with Crippen LogP contribution in [0.3, 0.4) is 0 Å². The molecular weight excluding hydrogens is 246 g/mol. The number of amides is 1. The number of carbonyl (C=O) groups excluding carboxylic acids is 1. The van der Waals surface area contributed by atoms with Crippen LogP contribution in [0.4, 0.5) is 5.69 Å². The number of amidine groups is 1. The number of rotatable bonds is 5. The summed E-state index contributed by atoms with van der Waals surface area (Å²) in [7, 11) is 0. The Morgan fingerprint density at radius 1 is 1.32 bits per heavy atom. The lowest BCUT2D eigenvalue weighted by Gasteiger charge is -2.12. The van der Waals surface area contributed by atoms with Gasteiger partial charge >= 0.3 is 0 Å². The van der Waals surface area contributed by atoms with Crippen LogP contribution in [0, 0.1) is 5.92 Å². The molecule has 6 nitrogen and oxygen atoms in total. The Balaban J connectivity index is 2.65. The second-order valence-electron chi connectivity index (χ2n) is 4.43. The molecule has 0 bridgehead atoms. The highest BCUT2D eigenvalue weighted by Gasteiger charge is 2.17. The van der Waals surface area contributed by atoms with Gasteiger partial charge in [0.1, 0.15) is 5.75 Å². The first-order chi connectivity index (χ1) is 8.93. The van der Waals surface area contributed by atoms with E-state index in [1.807, 2.05) is 13.8 Å². The van der Waals surface area contributed by atoms with E-state index < -0.39 is 5.92 Å². The molecule has 0 aliphatic carbocycles. The summed E-state index contributed by atoms with van der Waals surface area (Å²) in [5.74, 6) is -0.431. The van der Waals surface area contributed by atoms with Crippen molar-refractivity contribution in [2.75, 3.05) is 5.32 Å². The highest BCUT2D eigenvalue weighted by molar-refractivity contribution is 6.07. The summed E-state index contributed by atoms with van der Waals surface area (Å²) in [6.07, 6.45) is 0.0982. The number of hydrogen-bond acceptors (Lipinski definition) is 4. The van der Waals surface area contributed by atoms with Crippen molar-refractivity contribution >= 4 is 17.4 Å². The quantitative estimate of drug-likeness (QED) is 0.327. The van der Waals surface area contributed by atoms with Gasteiger partial charge in [-0.05, 0) is 45.0 Å². The number of anilines is 1. The molecule has 6 heteroatoms. The van der Waals surface area contributed by atoms with Gasteiger partial charge in [0.2, 0.25) is 5.91 Å². The van der Waals surface area contributed by atoms with Crippen molar-refractivity contribution in [3.8, 4) is 5.75 Å². The number of nitrogens with two attached hydrogens (primary N) is 1. The zero-order valence-electron chi connectivity index (χ0n) is 11.3. The smallest absolute Gasteiger partial charge is 0.234 e. The summed E-state index contributed by atoms with van der Waals surface area (Å²) in [5, 5.41) is 14.0. The molecule has 1 aromatic carbocycles. The average Bonchev–Trinajstić information content (AvgIpc) is 2.38. The van der Waals surface area contributed by atoms with Gasteiger partial charge in [-0.3, -0.25) is 4.79 Å². The molecule has 0 saturated heterocycles. The molecule has 1 unspecified atom stereocenters. The number of ether oxygens (including phenoxy) is 1. The number of benzene rings is 1. The van der Waals surface area contributed by atoms with E-state index in [4.69, 9.17) is 15.7 Å². The topological polar surface area (TPSA) is 96.9 Å². The average molecular weight is 265 g/mol. The minimum atomic E-state index is -0.698. The maximum absolute atomic E-state index is 11.8. The van der Waals surface area contributed by atoms with Gasteiger partial charge in [-0.15, -0.1) is 0 Å². The monoisotopic (exact) mass is 265 g/mol. The van der Waals surface area contributed by atoms with E-state index >= 15 is 0 Å². The van der Waals surface area contributed by atoms with Crippen LogP contribution in [0.5, 0.6) is 5.75 Å². The van der Waals surface area contributed by atoms with Gasteiger partial charge in [-0.1, -0.05) is 5.16 Å². The number of oxime groups is 1. The largest absolute Gasteiger partial charge is 0.491 e.